The molecule has 0 fully saturated rings. The number of sulfonamides is 1. The van der Waals surface area contributed by atoms with Crippen LogP contribution in [0.15, 0.2) is 59.8 Å². The van der Waals surface area contributed by atoms with Crippen molar-refractivity contribution in [3.05, 3.63) is 60.4 Å². The summed E-state index contributed by atoms with van der Waals surface area (Å²) in [7, 11) is -3.58. The van der Waals surface area contributed by atoms with Crippen molar-refractivity contribution in [3.63, 3.8) is 0 Å². The molecule has 0 aliphatic heterocycles. The van der Waals surface area contributed by atoms with Gasteiger partial charge in [0.15, 0.2) is 0 Å². The van der Waals surface area contributed by atoms with Crippen molar-refractivity contribution in [2.45, 2.75) is 24.7 Å². The van der Waals surface area contributed by atoms with E-state index in [0.717, 1.165) is 23.9 Å². The highest BCUT2D eigenvalue weighted by atomic mass is 32.2. The largest absolute Gasteiger partial charge is 0.279 e. The molecule has 0 aliphatic carbocycles. The van der Waals surface area contributed by atoms with E-state index >= 15 is 0 Å². The lowest BCUT2D eigenvalue weighted by Gasteiger charge is -2.09. The van der Waals surface area contributed by atoms with Crippen LogP contribution < -0.4 is 4.72 Å². The monoisotopic (exact) mass is 315 g/mol. The van der Waals surface area contributed by atoms with Gasteiger partial charge < -0.3 is 0 Å². The van der Waals surface area contributed by atoms with Gasteiger partial charge in [0.1, 0.15) is 0 Å². The maximum Gasteiger partial charge on any atom is 0.261 e. The number of pyridine rings is 1. The lowest BCUT2D eigenvalue weighted by atomic mass is 10.1. The van der Waals surface area contributed by atoms with E-state index < -0.39 is 10.0 Å². The highest BCUT2D eigenvalue weighted by Crippen LogP contribution is 2.18. The summed E-state index contributed by atoms with van der Waals surface area (Å²) in [6.45, 7) is 2.10. The predicted octanol–water partition coefficient (Wildman–Crippen LogP) is 3.09. The third-order valence-corrected chi connectivity index (χ3v) is 4.82. The summed E-state index contributed by atoms with van der Waals surface area (Å²) in [4.78, 5) is 0.265. The van der Waals surface area contributed by atoms with Gasteiger partial charge in [-0.15, -0.1) is 0 Å². The van der Waals surface area contributed by atoms with Crippen molar-refractivity contribution in [2.75, 3.05) is 4.72 Å². The van der Waals surface area contributed by atoms with E-state index in [1.807, 2.05) is 18.2 Å². The van der Waals surface area contributed by atoms with E-state index in [2.05, 4.69) is 16.7 Å². The van der Waals surface area contributed by atoms with Gasteiger partial charge in [-0.2, -0.15) is 5.10 Å². The predicted molar refractivity (Wildman–Crippen MR) is 86.4 cm³/mol. The van der Waals surface area contributed by atoms with Crippen molar-refractivity contribution < 1.29 is 8.42 Å². The van der Waals surface area contributed by atoms with Crippen LogP contribution in [-0.4, -0.2) is 18.0 Å². The first-order chi connectivity index (χ1) is 10.6. The molecule has 6 heteroatoms. The molecule has 2 heterocycles. The average Bonchev–Trinajstić information content (AvgIpc) is 2.95. The molecule has 0 atom stereocenters. The molecule has 0 bridgehead atoms. The lowest BCUT2D eigenvalue weighted by Crippen LogP contribution is -2.13. The number of aromatic nitrogens is 2. The van der Waals surface area contributed by atoms with Crippen molar-refractivity contribution in [1.82, 2.24) is 9.61 Å². The fourth-order valence-corrected chi connectivity index (χ4v) is 3.37. The number of benzene rings is 1. The molecule has 0 spiro atoms. The summed E-state index contributed by atoms with van der Waals surface area (Å²) < 4.78 is 29.1. The molecule has 114 valence electrons. The van der Waals surface area contributed by atoms with Crippen molar-refractivity contribution in [1.29, 1.82) is 0 Å². The summed E-state index contributed by atoms with van der Waals surface area (Å²) in [5, 5.41) is 4.08. The molecule has 5 nitrogen and oxygen atoms in total. The quantitative estimate of drug-likeness (QED) is 0.787. The summed E-state index contributed by atoms with van der Waals surface area (Å²) in [6.07, 6.45) is 5.37. The number of hydrogen-bond donors (Lipinski definition) is 1. The zero-order valence-corrected chi connectivity index (χ0v) is 13.0. The van der Waals surface area contributed by atoms with Crippen LogP contribution in [0.2, 0.25) is 0 Å². The van der Waals surface area contributed by atoms with E-state index in [-0.39, 0.29) is 4.90 Å². The minimum atomic E-state index is -3.58. The third-order valence-electron chi connectivity index (χ3n) is 3.42. The second-order valence-corrected chi connectivity index (χ2v) is 6.80. The minimum absolute atomic E-state index is 0.265. The fraction of sp³-hybridized carbons (Fsp3) is 0.188. The number of fused-ring (bicyclic) bond motifs is 1. The first kappa shape index (κ1) is 14.6. The Balaban J connectivity index is 1.85. The van der Waals surface area contributed by atoms with Crippen LogP contribution in [0.5, 0.6) is 0 Å². The van der Waals surface area contributed by atoms with Crippen molar-refractivity contribution in [2.24, 2.45) is 0 Å². The summed E-state index contributed by atoms with van der Waals surface area (Å²) in [5.74, 6) is 0. The molecular formula is C16H17N3O2S. The third kappa shape index (κ3) is 2.96. The van der Waals surface area contributed by atoms with Crippen LogP contribution >= 0.6 is 0 Å². The van der Waals surface area contributed by atoms with E-state index in [0.29, 0.717) is 5.69 Å². The molecular weight excluding hydrogens is 298 g/mol. The Morgan fingerprint density at radius 2 is 1.91 bits per heavy atom. The molecule has 0 unspecified atom stereocenters. The minimum Gasteiger partial charge on any atom is -0.279 e. The summed E-state index contributed by atoms with van der Waals surface area (Å²) in [6, 6.07) is 12.3. The molecule has 0 saturated heterocycles. The van der Waals surface area contributed by atoms with Crippen LogP contribution in [0.1, 0.15) is 18.9 Å². The first-order valence-corrected chi connectivity index (χ1v) is 8.62. The highest BCUT2D eigenvalue weighted by Gasteiger charge is 2.14. The molecule has 0 aliphatic rings. The van der Waals surface area contributed by atoms with E-state index in [1.54, 1.807) is 41.2 Å². The number of nitrogens with one attached hydrogen (secondary N) is 1. The maximum absolute atomic E-state index is 12.4. The topological polar surface area (TPSA) is 63.5 Å². The normalized spacial score (nSPS) is 11.7. The SMILES string of the molecule is CCCc1ccc(S(=O)(=O)Nc2ccn3nccc3c2)cc1. The lowest BCUT2D eigenvalue weighted by molar-refractivity contribution is 0.601. The van der Waals surface area contributed by atoms with Gasteiger partial charge in [-0.25, -0.2) is 12.9 Å². The zero-order valence-electron chi connectivity index (χ0n) is 12.2. The first-order valence-electron chi connectivity index (χ1n) is 7.13. The van der Waals surface area contributed by atoms with Gasteiger partial charge in [0.05, 0.1) is 16.1 Å². The Kier molecular flexibility index (Phi) is 3.85. The molecule has 3 aromatic rings. The Bertz CT molecular complexity index is 883. The number of rotatable bonds is 5. The van der Waals surface area contributed by atoms with Crippen molar-refractivity contribution in [3.8, 4) is 0 Å². The fourth-order valence-electron chi connectivity index (χ4n) is 2.32. The second-order valence-electron chi connectivity index (χ2n) is 5.12. The molecule has 3 rings (SSSR count). The molecule has 0 radical (unpaired) electrons. The molecule has 2 aromatic heterocycles. The summed E-state index contributed by atoms with van der Waals surface area (Å²) in [5.41, 5.74) is 2.49. The number of aryl methyl sites for hydroxylation is 1. The van der Waals surface area contributed by atoms with Gasteiger partial charge in [-0.1, -0.05) is 25.5 Å². The van der Waals surface area contributed by atoms with Crippen LogP contribution in [0.25, 0.3) is 5.52 Å². The standard InChI is InChI=1S/C16H17N3O2S/c1-2-3-13-4-6-16(7-5-13)22(20,21)18-14-9-11-19-15(12-14)8-10-17-19/h4-12,18H,2-3H2,1H3. The molecule has 0 amide bonds. The van der Waals surface area contributed by atoms with Gasteiger partial charge >= 0.3 is 0 Å². The van der Waals surface area contributed by atoms with E-state index in [1.165, 1.54) is 0 Å². The maximum atomic E-state index is 12.4. The van der Waals surface area contributed by atoms with Crippen molar-refractivity contribution >= 4 is 21.2 Å². The zero-order chi connectivity index (χ0) is 15.6. The Hall–Kier alpha value is -2.34. The van der Waals surface area contributed by atoms with E-state index in [9.17, 15) is 8.42 Å². The Labute approximate surface area is 129 Å². The number of anilines is 1. The van der Waals surface area contributed by atoms with Gasteiger partial charge in [-0.05, 0) is 42.3 Å². The van der Waals surface area contributed by atoms with Crippen LogP contribution in [-0.2, 0) is 16.4 Å². The Morgan fingerprint density at radius 3 is 2.64 bits per heavy atom. The van der Waals surface area contributed by atoms with Gasteiger partial charge in [0.2, 0.25) is 0 Å². The van der Waals surface area contributed by atoms with Crippen LogP contribution in [0.4, 0.5) is 5.69 Å². The van der Waals surface area contributed by atoms with Gasteiger partial charge in [0.25, 0.3) is 10.0 Å². The molecule has 1 aromatic carbocycles. The molecule has 22 heavy (non-hydrogen) atoms. The van der Waals surface area contributed by atoms with Gasteiger partial charge in [0, 0.05) is 12.4 Å². The molecule has 1 N–H and O–H groups in total. The Morgan fingerprint density at radius 1 is 1.14 bits per heavy atom. The van der Waals surface area contributed by atoms with E-state index in [4.69, 9.17) is 0 Å². The summed E-state index contributed by atoms with van der Waals surface area (Å²) >= 11 is 0. The van der Waals surface area contributed by atoms with Crippen LogP contribution in [0.3, 0.4) is 0 Å². The number of hydrogen-bond acceptors (Lipinski definition) is 3. The van der Waals surface area contributed by atoms with Crippen LogP contribution in [0, 0.1) is 0 Å². The smallest absolute Gasteiger partial charge is 0.261 e. The number of nitrogens with zero attached hydrogens (tertiary/aromatic N) is 2. The second kappa shape index (κ2) is 5.81. The molecule has 0 saturated carbocycles. The van der Waals surface area contributed by atoms with Gasteiger partial charge in [-0.3, -0.25) is 4.72 Å². The average molecular weight is 315 g/mol. The highest BCUT2D eigenvalue weighted by molar-refractivity contribution is 7.92.